The number of alkyl halides is 1. The Morgan fingerprint density at radius 2 is 2.00 bits per heavy atom. The van der Waals surface area contributed by atoms with E-state index < -0.39 is 6.67 Å². The molecule has 2 aliphatic rings. The monoisotopic (exact) mass is 471 g/mol. The number of rotatable bonds is 9. The molecule has 1 fully saturated rings. The number of carbonyl (C=O) groups excluding carboxylic acids is 2. The molecule has 1 aromatic carbocycles. The number of nitrogens with one attached hydrogen (secondary N) is 1. The van der Waals surface area contributed by atoms with Gasteiger partial charge in [0.25, 0.3) is 5.91 Å². The summed E-state index contributed by atoms with van der Waals surface area (Å²) in [6.45, 7) is 4.71. The SMILES string of the molecule is CCNC(=O)CCCN(C)C(=O)c1ccc2c(c1)c1c(n2CCF)CCC(C2CCOCC2)C1. The Hall–Kier alpha value is -2.41. The van der Waals surface area contributed by atoms with Crippen LogP contribution >= 0.6 is 0 Å². The van der Waals surface area contributed by atoms with Gasteiger partial charge in [-0.25, -0.2) is 4.39 Å². The molecule has 2 amide bonds. The van der Waals surface area contributed by atoms with Crippen LogP contribution in [-0.4, -0.2) is 61.3 Å². The minimum Gasteiger partial charge on any atom is -0.381 e. The first-order valence-corrected chi connectivity index (χ1v) is 12.8. The number of amides is 2. The highest BCUT2D eigenvalue weighted by Crippen LogP contribution is 2.39. The zero-order chi connectivity index (χ0) is 24.1. The van der Waals surface area contributed by atoms with E-state index in [0.717, 1.165) is 56.2 Å². The number of aromatic nitrogens is 1. The molecule has 2 aromatic rings. The number of benzene rings is 1. The number of fused-ring (bicyclic) bond motifs is 3. The number of halogens is 1. The van der Waals surface area contributed by atoms with Gasteiger partial charge < -0.3 is 19.5 Å². The molecule has 34 heavy (non-hydrogen) atoms. The third-order valence-electron chi connectivity index (χ3n) is 7.61. The van der Waals surface area contributed by atoms with Crippen LogP contribution in [0.5, 0.6) is 0 Å². The molecule has 1 N–H and O–H groups in total. The van der Waals surface area contributed by atoms with Gasteiger partial charge in [0.15, 0.2) is 0 Å². The second-order valence-corrected chi connectivity index (χ2v) is 9.73. The van der Waals surface area contributed by atoms with E-state index in [4.69, 9.17) is 4.74 Å². The Bertz CT molecular complexity index is 1010. The van der Waals surface area contributed by atoms with Gasteiger partial charge in [0.2, 0.25) is 5.91 Å². The van der Waals surface area contributed by atoms with E-state index in [0.29, 0.717) is 49.9 Å². The summed E-state index contributed by atoms with van der Waals surface area (Å²) in [6, 6.07) is 5.86. The smallest absolute Gasteiger partial charge is 0.253 e. The van der Waals surface area contributed by atoms with E-state index in [1.807, 2.05) is 25.1 Å². The molecule has 1 aliphatic carbocycles. The molecule has 4 rings (SSSR count). The molecule has 186 valence electrons. The summed E-state index contributed by atoms with van der Waals surface area (Å²) in [7, 11) is 1.79. The molecule has 7 heteroatoms. The number of aryl methyl sites for hydroxylation is 1. The molecule has 1 saturated heterocycles. The van der Waals surface area contributed by atoms with Crippen molar-refractivity contribution in [2.75, 3.05) is 40.0 Å². The molecule has 1 unspecified atom stereocenters. The van der Waals surface area contributed by atoms with Crippen molar-refractivity contribution in [1.29, 1.82) is 0 Å². The van der Waals surface area contributed by atoms with Gasteiger partial charge in [-0.3, -0.25) is 9.59 Å². The summed E-state index contributed by atoms with van der Waals surface area (Å²) in [5.41, 5.74) is 4.24. The number of hydrogen-bond acceptors (Lipinski definition) is 3. The molecule has 2 heterocycles. The van der Waals surface area contributed by atoms with Crippen molar-refractivity contribution in [3.05, 3.63) is 35.0 Å². The van der Waals surface area contributed by atoms with Gasteiger partial charge in [0, 0.05) is 61.9 Å². The highest BCUT2D eigenvalue weighted by Gasteiger charge is 2.31. The largest absolute Gasteiger partial charge is 0.381 e. The standard InChI is InChI=1S/C27H38FN3O3/c1-3-29-26(32)5-4-13-30(2)27(33)21-7-9-25-23(18-21)22-17-20(19-10-15-34-16-11-19)6-8-24(22)31(25)14-12-28/h7,9,18-20H,3-6,8,10-17H2,1-2H3,(H,29,32). The average molecular weight is 472 g/mol. The van der Waals surface area contributed by atoms with Crippen molar-refractivity contribution >= 4 is 22.7 Å². The molecule has 0 spiro atoms. The normalized spacial score (nSPS) is 18.6. The van der Waals surface area contributed by atoms with Crippen LogP contribution in [0.3, 0.4) is 0 Å². The lowest BCUT2D eigenvalue weighted by Gasteiger charge is -2.33. The molecular formula is C27H38FN3O3. The first-order chi connectivity index (χ1) is 16.5. The fourth-order valence-corrected chi connectivity index (χ4v) is 5.82. The van der Waals surface area contributed by atoms with Gasteiger partial charge in [0.05, 0.1) is 6.54 Å². The topological polar surface area (TPSA) is 63.6 Å². The first-order valence-electron chi connectivity index (χ1n) is 12.8. The van der Waals surface area contributed by atoms with Crippen LogP contribution in [0.15, 0.2) is 18.2 Å². The lowest BCUT2D eigenvalue weighted by atomic mass is 9.75. The average Bonchev–Trinajstić information content (AvgIpc) is 3.16. The van der Waals surface area contributed by atoms with Crippen LogP contribution < -0.4 is 5.32 Å². The quantitative estimate of drug-likeness (QED) is 0.598. The summed E-state index contributed by atoms with van der Waals surface area (Å²) in [5.74, 6) is 1.28. The Balaban J connectivity index is 1.55. The van der Waals surface area contributed by atoms with Crippen LogP contribution in [0.2, 0.25) is 0 Å². The lowest BCUT2D eigenvalue weighted by molar-refractivity contribution is -0.121. The second-order valence-electron chi connectivity index (χ2n) is 9.73. The first kappa shape index (κ1) is 24.7. The minimum absolute atomic E-state index is 0.0182. The van der Waals surface area contributed by atoms with Crippen LogP contribution in [0.1, 0.15) is 60.6 Å². The van der Waals surface area contributed by atoms with Gasteiger partial charge in [-0.2, -0.15) is 0 Å². The van der Waals surface area contributed by atoms with Crippen LogP contribution in [0, 0.1) is 11.8 Å². The Labute approximate surface area is 201 Å². The molecule has 0 radical (unpaired) electrons. The predicted octanol–water partition coefficient (Wildman–Crippen LogP) is 4.13. The third kappa shape index (κ3) is 5.29. The highest BCUT2D eigenvalue weighted by atomic mass is 19.1. The number of ether oxygens (including phenoxy) is 1. The maximum atomic E-state index is 13.4. The summed E-state index contributed by atoms with van der Waals surface area (Å²) >= 11 is 0. The zero-order valence-corrected chi connectivity index (χ0v) is 20.6. The van der Waals surface area contributed by atoms with Crippen molar-refractivity contribution in [2.45, 2.75) is 58.4 Å². The van der Waals surface area contributed by atoms with Crippen LogP contribution in [0.25, 0.3) is 10.9 Å². The summed E-state index contributed by atoms with van der Waals surface area (Å²) in [6.07, 6.45) is 6.39. The Morgan fingerprint density at radius 1 is 1.21 bits per heavy atom. The van der Waals surface area contributed by atoms with Crippen molar-refractivity contribution < 1.29 is 18.7 Å². The number of carbonyl (C=O) groups is 2. The summed E-state index contributed by atoms with van der Waals surface area (Å²) < 4.78 is 21.1. The van der Waals surface area contributed by atoms with E-state index in [1.165, 1.54) is 11.3 Å². The summed E-state index contributed by atoms with van der Waals surface area (Å²) in [4.78, 5) is 26.5. The van der Waals surface area contributed by atoms with Crippen molar-refractivity contribution in [1.82, 2.24) is 14.8 Å². The van der Waals surface area contributed by atoms with Gasteiger partial charge >= 0.3 is 0 Å². The van der Waals surface area contributed by atoms with Crippen molar-refractivity contribution in [3.63, 3.8) is 0 Å². The van der Waals surface area contributed by atoms with E-state index in [-0.39, 0.29) is 11.8 Å². The Morgan fingerprint density at radius 3 is 2.74 bits per heavy atom. The van der Waals surface area contributed by atoms with Crippen LogP contribution in [0.4, 0.5) is 4.39 Å². The van der Waals surface area contributed by atoms with E-state index >= 15 is 0 Å². The molecular weight excluding hydrogens is 433 g/mol. The lowest BCUT2D eigenvalue weighted by Crippen LogP contribution is -2.29. The van der Waals surface area contributed by atoms with E-state index in [2.05, 4.69) is 9.88 Å². The highest BCUT2D eigenvalue weighted by molar-refractivity contribution is 5.99. The second kappa shape index (κ2) is 11.3. The van der Waals surface area contributed by atoms with E-state index in [9.17, 15) is 14.0 Å². The van der Waals surface area contributed by atoms with Crippen LogP contribution in [-0.2, 0) is 28.9 Å². The number of hydrogen-bond donors (Lipinski definition) is 1. The molecule has 0 saturated carbocycles. The molecule has 6 nitrogen and oxygen atoms in total. The van der Waals surface area contributed by atoms with Gasteiger partial charge in [-0.15, -0.1) is 0 Å². The third-order valence-corrected chi connectivity index (χ3v) is 7.61. The minimum atomic E-state index is -0.394. The molecule has 1 aliphatic heterocycles. The predicted molar refractivity (Wildman–Crippen MR) is 132 cm³/mol. The van der Waals surface area contributed by atoms with E-state index in [1.54, 1.807) is 11.9 Å². The van der Waals surface area contributed by atoms with Gasteiger partial charge in [-0.05, 0) is 81.0 Å². The maximum absolute atomic E-state index is 13.4. The molecule has 1 atom stereocenters. The molecule has 0 bridgehead atoms. The number of nitrogens with zero attached hydrogens (tertiary/aromatic N) is 2. The van der Waals surface area contributed by atoms with Crippen molar-refractivity contribution in [3.8, 4) is 0 Å². The zero-order valence-electron chi connectivity index (χ0n) is 20.6. The molecule has 1 aromatic heterocycles. The fraction of sp³-hybridized carbons (Fsp3) is 0.630. The fourth-order valence-electron chi connectivity index (χ4n) is 5.82. The van der Waals surface area contributed by atoms with Gasteiger partial charge in [-0.1, -0.05) is 0 Å². The summed E-state index contributed by atoms with van der Waals surface area (Å²) in [5, 5.41) is 3.89. The van der Waals surface area contributed by atoms with Crippen molar-refractivity contribution in [2.24, 2.45) is 11.8 Å². The Kier molecular flexibility index (Phi) is 8.24. The van der Waals surface area contributed by atoms with Gasteiger partial charge in [0.1, 0.15) is 6.67 Å². The maximum Gasteiger partial charge on any atom is 0.253 e.